The van der Waals surface area contributed by atoms with E-state index in [-0.39, 0.29) is 11.0 Å². The zero-order valence-electron chi connectivity index (χ0n) is 9.65. The Morgan fingerprint density at radius 3 is 2.25 bits per heavy atom. The van der Waals surface area contributed by atoms with Gasteiger partial charge in [-0.05, 0) is 20.9 Å². The van der Waals surface area contributed by atoms with E-state index in [1.165, 1.54) is 11.8 Å². The highest BCUT2D eigenvalue weighted by molar-refractivity contribution is 5.30. The van der Waals surface area contributed by atoms with Crippen molar-refractivity contribution >= 4 is 0 Å². The van der Waals surface area contributed by atoms with Gasteiger partial charge in [0.15, 0.2) is 0 Å². The van der Waals surface area contributed by atoms with Gasteiger partial charge in [0.25, 0.3) is 6.20 Å². The number of aromatic amines is 1. The molecule has 0 amide bonds. The van der Waals surface area contributed by atoms with Crippen LogP contribution in [-0.4, -0.2) is 5.27 Å². The summed E-state index contributed by atoms with van der Waals surface area (Å²) >= 11 is 0. The van der Waals surface area contributed by atoms with Gasteiger partial charge in [0.1, 0.15) is 0 Å². The van der Waals surface area contributed by atoms with E-state index in [0.29, 0.717) is 0 Å². The predicted molar refractivity (Wildman–Crippen MR) is 59.6 cm³/mol. The number of aromatic nitrogens is 2. The SMILES string of the molecule is CC(C)(C)c1ccc(-[n+]2cc(=O)o[nH]2)cc1. The minimum atomic E-state index is -0.389. The average molecular weight is 219 g/mol. The van der Waals surface area contributed by atoms with Crippen LogP contribution in [0, 0.1) is 0 Å². The molecule has 4 nitrogen and oxygen atoms in total. The van der Waals surface area contributed by atoms with Crippen LogP contribution in [0.1, 0.15) is 26.3 Å². The number of hydrogen-bond acceptors (Lipinski definition) is 2. The molecule has 16 heavy (non-hydrogen) atoms. The minimum absolute atomic E-state index is 0.132. The summed E-state index contributed by atoms with van der Waals surface area (Å²) in [6, 6.07) is 8.00. The first-order chi connectivity index (χ1) is 7.47. The normalized spacial score (nSPS) is 11.7. The highest BCUT2D eigenvalue weighted by Gasteiger charge is 2.15. The van der Waals surface area contributed by atoms with Crippen molar-refractivity contribution in [3.8, 4) is 5.69 Å². The van der Waals surface area contributed by atoms with Gasteiger partial charge < -0.3 is 0 Å². The Morgan fingerprint density at radius 2 is 1.81 bits per heavy atom. The van der Waals surface area contributed by atoms with E-state index >= 15 is 0 Å². The van der Waals surface area contributed by atoms with Crippen molar-refractivity contribution in [2.75, 3.05) is 0 Å². The largest absolute Gasteiger partial charge is 0.427 e. The molecule has 1 heterocycles. The first-order valence-corrected chi connectivity index (χ1v) is 5.18. The van der Waals surface area contributed by atoms with Gasteiger partial charge in [-0.1, -0.05) is 32.9 Å². The van der Waals surface area contributed by atoms with Crippen molar-refractivity contribution in [2.45, 2.75) is 26.2 Å². The molecule has 0 aliphatic heterocycles. The monoisotopic (exact) mass is 219 g/mol. The summed E-state index contributed by atoms with van der Waals surface area (Å²) < 4.78 is 6.15. The van der Waals surface area contributed by atoms with E-state index in [2.05, 4.69) is 30.6 Å². The fourth-order valence-electron chi connectivity index (χ4n) is 1.50. The lowest BCUT2D eigenvalue weighted by atomic mass is 9.87. The fraction of sp³-hybridized carbons (Fsp3) is 0.333. The second-order valence-electron chi connectivity index (χ2n) is 4.81. The lowest BCUT2D eigenvalue weighted by molar-refractivity contribution is -0.670. The van der Waals surface area contributed by atoms with Gasteiger partial charge >= 0.3 is 5.63 Å². The Hall–Kier alpha value is -1.84. The van der Waals surface area contributed by atoms with Gasteiger partial charge in [0.2, 0.25) is 5.69 Å². The topological polar surface area (TPSA) is 49.9 Å². The van der Waals surface area contributed by atoms with Crippen LogP contribution in [-0.2, 0) is 5.41 Å². The molecule has 1 aromatic carbocycles. The molecular formula is C12H15N2O2+. The summed E-state index contributed by atoms with van der Waals surface area (Å²) in [5, 5.41) is 2.51. The molecule has 4 heteroatoms. The van der Waals surface area contributed by atoms with Crippen molar-refractivity contribution in [1.29, 1.82) is 0 Å². The first-order valence-electron chi connectivity index (χ1n) is 5.18. The summed E-state index contributed by atoms with van der Waals surface area (Å²) in [5.41, 5.74) is 1.87. The molecule has 2 rings (SSSR count). The summed E-state index contributed by atoms with van der Waals surface area (Å²) in [6.07, 6.45) is 1.37. The van der Waals surface area contributed by atoms with Crippen LogP contribution in [0.2, 0.25) is 0 Å². The van der Waals surface area contributed by atoms with Crippen LogP contribution in [0.5, 0.6) is 0 Å². The van der Waals surface area contributed by atoms with Crippen LogP contribution in [0.3, 0.4) is 0 Å². The third-order valence-electron chi connectivity index (χ3n) is 2.49. The van der Waals surface area contributed by atoms with E-state index in [9.17, 15) is 4.79 Å². The maximum Gasteiger partial charge on any atom is 0.427 e. The Bertz CT molecular complexity index is 529. The summed E-state index contributed by atoms with van der Waals surface area (Å²) in [6.45, 7) is 6.48. The average Bonchev–Trinajstić information content (AvgIpc) is 2.64. The maximum atomic E-state index is 10.9. The molecule has 0 spiro atoms. The van der Waals surface area contributed by atoms with Crippen LogP contribution < -0.4 is 10.3 Å². The molecule has 0 atom stereocenters. The van der Waals surface area contributed by atoms with Crippen LogP contribution >= 0.6 is 0 Å². The zero-order valence-corrected chi connectivity index (χ0v) is 9.65. The van der Waals surface area contributed by atoms with E-state index in [1.54, 1.807) is 4.68 Å². The minimum Gasteiger partial charge on any atom is -0.283 e. The number of hydrogen-bond donors (Lipinski definition) is 1. The summed E-state index contributed by atoms with van der Waals surface area (Å²) in [5.74, 6) is 0. The third-order valence-corrected chi connectivity index (χ3v) is 2.49. The highest BCUT2D eigenvalue weighted by atomic mass is 16.5. The van der Waals surface area contributed by atoms with Gasteiger partial charge in [0.05, 0.1) is 0 Å². The molecule has 0 unspecified atom stereocenters. The van der Waals surface area contributed by atoms with Crippen molar-refractivity contribution in [1.82, 2.24) is 5.27 Å². The summed E-state index contributed by atoms with van der Waals surface area (Å²) in [4.78, 5) is 10.9. The molecule has 84 valence electrons. The maximum absolute atomic E-state index is 10.9. The van der Waals surface area contributed by atoms with E-state index < -0.39 is 0 Å². The number of nitrogens with one attached hydrogen (secondary N) is 1. The second kappa shape index (κ2) is 3.63. The fourth-order valence-corrected chi connectivity index (χ4v) is 1.50. The lowest BCUT2D eigenvalue weighted by Crippen LogP contribution is -2.32. The first kappa shape index (κ1) is 10.7. The molecular weight excluding hydrogens is 204 g/mol. The van der Waals surface area contributed by atoms with Gasteiger partial charge in [-0.3, -0.25) is 4.52 Å². The van der Waals surface area contributed by atoms with Crippen LogP contribution in [0.25, 0.3) is 5.69 Å². The lowest BCUT2D eigenvalue weighted by Gasteiger charge is -2.18. The molecule has 1 N–H and O–H groups in total. The van der Waals surface area contributed by atoms with Crippen molar-refractivity contribution < 1.29 is 9.20 Å². The number of nitrogens with zero attached hydrogens (tertiary/aromatic N) is 1. The highest BCUT2D eigenvalue weighted by Crippen LogP contribution is 2.21. The van der Waals surface area contributed by atoms with Crippen molar-refractivity contribution in [3.63, 3.8) is 0 Å². The third kappa shape index (κ3) is 2.05. The molecule has 0 saturated carbocycles. The summed E-state index contributed by atoms with van der Waals surface area (Å²) in [7, 11) is 0. The van der Waals surface area contributed by atoms with E-state index in [0.717, 1.165) is 5.69 Å². The second-order valence-corrected chi connectivity index (χ2v) is 4.81. The van der Waals surface area contributed by atoms with Crippen molar-refractivity contribution in [2.24, 2.45) is 0 Å². The Balaban J connectivity index is 2.36. The molecule has 2 aromatic rings. The smallest absolute Gasteiger partial charge is 0.283 e. The van der Waals surface area contributed by atoms with Crippen molar-refractivity contribution in [3.05, 3.63) is 46.4 Å². The van der Waals surface area contributed by atoms with E-state index in [1.807, 2.05) is 24.3 Å². The molecule has 1 aromatic heterocycles. The Labute approximate surface area is 93.5 Å². The molecule has 0 aliphatic carbocycles. The molecule has 0 aliphatic rings. The molecule has 0 fully saturated rings. The number of rotatable bonds is 1. The Morgan fingerprint density at radius 1 is 1.19 bits per heavy atom. The van der Waals surface area contributed by atoms with Gasteiger partial charge in [-0.2, -0.15) is 0 Å². The number of benzene rings is 1. The predicted octanol–water partition coefficient (Wildman–Crippen LogP) is 1.54. The van der Waals surface area contributed by atoms with E-state index in [4.69, 9.17) is 0 Å². The zero-order chi connectivity index (χ0) is 11.8. The van der Waals surface area contributed by atoms with Gasteiger partial charge in [0, 0.05) is 12.1 Å². The molecule has 0 radical (unpaired) electrons. The van der Waals surface area contributed by atoms with Crippen LogP contribution in [0.15, 0.2) is 39.8 Å². The standard InChI is InChI=1S/C12H14N2O2/c1-12(2,3)9-4-6-10(7-5-9)14-8-11(15)16-13-14/h4-8H,1-3H3/p+1. The quantitative estimate of drug-likeness (QED) is 0.740. The Kier molecular flexibility index (Phi) is 2.42. The van der Waals surface area contributed by atoms with Gasteiger partial charge in [-0.15, -0.1) is 0 Å². The number of H-pyrrole nitrogens is 1. The molecule has 0 saturated heterocycles. The molecule has 0 bridgehead atoms. The van der Waals surface area contributed by atoms with Crippen LogP contribution in [0.4, 0.5) is 0 Å². The van der Waals surface area contributed by atoms with Gasteiger partial charge in [-0.25, -0.2) is 4.79 Å².